The van der Waals surface area contributed by atoms with E-state index in [1.165, 1.54) is 0 Å². The molecular weight excluding hydrogens is 378 g/mol. The van der Waals surface area contributed by atoms with Gasteiger partial charge in [0.15, 0.2) is 0 Å². The molecule has 0 radical (unpaired) electrons. The van der Waals surface area contributed by atoms with E-state index < -0.39 is 5.97 Å². The third-order valence-corrected chi connectivity index (χ3v) is 5.08. The van der Waals surface area contributed by atoms with Gasteiger partial charge < -0.3 is 15.7 Å². The van der Waals surface area contributed by atoms with E-state index in [-0.39, 0.29) is 12.3 Å². The van der Waals surface area contributed by atoms with Crippen molar-refractivity contribution in [3.8, 4) is 11.1 Å². The van der Waals surface area contributed by atoms with Gasteiger partial charge in [-0.05, 0) is 42.2 Å². The minimum absolute atomic E-state index is 0.000294. The van der Waals surface area contributed by atoms with E-state index in [1.807, 2.05) is 60.4 Å². The van der Waals surface area contributed by atoms with Crippen LogP contribution in [-0.2, 0) is 16.0 Å². The zero-order valence-electron chi connectivity index (χ0n) is 17.4. The molecule has 0 spiro atoms. The van der Waals surface area contributed by atoms with Gasteiger partial charge in [0.25, 0.3) is 0 Å². The molecule has 0 saturated carbocycles. The van der Waals surface area contributed by atoms with Crippen LogP contribution in [0.3, 0.4) is 0 Å². The molecular formula is C24H27N3O3. The van der Waals surface area contributed by atoms with E-state index in [1.54, 1.807) is 0 Å². The summed E-state index contributed by atoms with van der Waals surface area (Å²) in [4.78, 5) is 30.2. The van der Waals surface area contributed by atoms with Crippen LogP contribution in [0.15, 0.2) is 53.0 Å². The molecule has 1 aliphatic heterocycles. The SMILES string of the molecule is CCCN(CC)C(=O)C1=Cc2ccc(-c3ccc(CC(=O)O)cc3)cc2N=C(N)C1. The number of benzene rings is 2. The number of nitrogens with zero attached hydrogens (tertiary/aromatic N) is 2. The Morgan fingerprint density at radius 2 is 1.80 bits per heavy atom. The standard InChI is InChI=1S/C24H27N3O3/c1-3-11-27(4-2)24(30)20-13-19-10-9-18(14-21(19)26-22(25)15-20)17-7-5-16(6-8-17)12-23(28)29/h5-10,13-14H,3-4,11-12,15H2,1-2H3,(H2,25,26)(H,28,29). The maximum Gasteiger partial charge on any atom is 0.307 e. The highest BCUT2D eigenvalue weighted by Crippen LogP contribution is 2.32. The molecule has 0 saturated heterocycles. The van der Waals surface area contributed by atoms with Crippen molar-refractivity contribution in [2.24, 2.45) is 10.7 Å². The minimum Gasteiger partial charge on any atom is -0.481 e. The van der Waals surface area contributed by atoms with Gasteiger partial charge >= 0.3 is 5.97 Å². The highest BCUT2D eigenvalue weighted by atomic mass is 16.4. The first kappa shape index (κ1) is 21.3. The summed E-state index contributed by atoms with van der Waals surface area (Å²) in [7, 11) is 0. The fourth-order valence-corrected chi connectivity index (χ4v) is 3.57. The van der Waals surface area contributed by atoms with E-state index in [2.05, 4.69) is 11.9 Å². The van der Waals surface area contributed by atoms with Crippen molar-refractivity contribution in [2.75, 3.05) is 13.1 Å². The Morgan fingerprint density at radius 1 is 1.10 bits per heavy atom. The molecule has 30 heavy (non-hydrogen) atoms. The normalized spacial score (nSPS) is 13.0. The number of amides is 1. The average molecular weight is 405 g/mol. The van der Waals surface area contributed by atoms with Crippen LogP contribution in [0, 0.1) is 0 Å². The summed E-state index contributed by atoms with van der Waals surface area (Å²) in [5, 5.41) is 8.92. The topological polar surface area (TPSA) is 96.0 Å². The lowest BCUT2D eigenvalue weighted by atomic mass is 9.99. The van der Waals surface area contributed by atoms with Gasteiger partial charge in [-0.25, -0.2) is 4.99 Å². The van der Waals surface area contributed by atoms with Gasteiger partial charge in [-0.15, -0.1) is 0 Å². The van der Waals surface area contributed by atoms with E-state index >= 15 is 0 Å². The predicted molar refractivity (Wildman–Crippen MR) is 120 cm³/mol. The summed E-state index contributed by atoms with van der Waals surface area (Å²) in [6.45, 7) is 5.40. The van der Waals surface area contributed by atoms with E-state index in [0.29, 0.717) is 30.9 Å². The second-order valence-corrected chi connectivity index (χ2v) is 7.38. The number of amidine groups is 1. The molecule has 3 rings (SSSR count). The molecule has 0 aliphatic carbocycles. The quantitative estimate of drug-likeness (QED) is 0.727. The van der Waals surface area contributed by atoms with Crippen molar-refractivity contribution in [1.82, 2.24) is 4.90 Å². The van der Waals surface area contributed by atoms with Crippen molar-refractivity contribution >= 4 is 29.5 Å². The minimum atomic E-state index is -0.852. The number of aliphatic carboxylic acids is 1. The van der Waals surface area contributed by atoms with E-state index in [4.69, 9.17) is 10.8 Å². The summed E-state index contributed by atoms with van der Waals surface area (Å²) < 4.78 is 0. The lowest BCUT2D eigenvalue weighted by molar-refractivity contribution is -0.136. The highest BCUT2D eigenvalue weighted by molar-refractivity contribution is 6.05. The van der Waals surface area contributed by atoms with Crippen LogP contribution in [-0.4, -0.2) is 40.8 Å². The van der Waals surface area contributed by atoms with Crippen LogP contribution >= 0.6 is 0 Å². The van der Waals surface area contributed by atoms with Crippen molar-refractivity contribution in [3.05, 3.63) is 59.2 Å². The van der Waals surface area contributed by atoms with Crippen molar-refractivity contribution in [3.63, 3.8) is 0 Å². The Bertz CT molecular complexity index is 1010. The lowest BCUT2D eigenvalue weighted by Gasteiger charge is -2.21. The van der Waals surface area contributed by atoms with Crippen LogP contribution in [0.4, 0.5) is 5.69 Å². The molecule has 0 aromatic heterocycles. The van der Waals surface area contributed by atoms with Gasteiger partial charge in [-0.3, -0.25) is 9.59 Å². The molecule has 3 N–H and O–H groups in total. The first-order chi connectivity index (χ1) is 14.4. The summed E-state index contributed by atoms with van der Waals surface area (Å²) in [5.74, 6) is -0.436. The van der Waals surface area contributed by atoms with E-state index in [9.17, 15) is 9.59 Å². The van der Waals surface area contributed by atoms with Gasteiger partial charge in [0.1, 0.15) is 5.84 Å². The van der Waals surface area contributed by atoms with Crippen LogP contribution in [0.1, 0.15) is 37.8 Å². The lowest BCUT2D eigenvalue weighted by Crippen LogP contribution is -2.33. The molecule has 0 bridgehead atoms. The molecule has 0 atom stereocenters. The third kappa shape index (κ3) is 4.95. The summed E-state index contributed by atoms with van der Waals surface area (Å²) >= 11 is 0. The molecule has 1 amide bonds. The van der Waals surface area contributed by atoms with Crippen LogP contribution in [0.2, 0.25) is 0 Å². The van der Waals surface area contributed by atoms with Gasteiger partial charge in [0.05, 0.1) is 12.1 Å². The molecule has 0 fully saturated rings. The molecule has 2 aromatic rings. The molecule has 156 valence electrons. The smallest absolute Gasteiger partial charge is 0.307 e. The molecule has 1 aliphatic rings. The zero-order chi connectivity index (χ0) is 21.7. The maximum absolute atomic E-state index is 12.9. The van der Waals surface area contributed by atoms with Gasteiger partial charge in [-0.2, -0.15) is 0 Å². The molecule has 1 heterocycles. The number of hydrogen-bond acceptors (Lipinski definition) is 4. The van der Waals surface area contributed by atoms with E-state index in [0.717, 1.165) is 34.4 Å². The molecule has 6 heteroatoms. The Balaban J connectivity index is 1.92. The number of nitrogens with two attached hydrogens (primary N) is 1. The largest absolute Gasteiger partial charge is 0.481 e. The van der Waals surface area contributed by atoms with Crippen molar-refractivity contribution in [1.29, 1.82) is 0 Å². The Morgan fingerprint density at radius 3 is 2.43 bits per heavy atom. The number of likely N-dealkylation sites (N-methyl/N-ethyl adjacent to an activating group) is 1. The van der Waals surface area contributed by atoms with Crippen molar-refractivity contribution in [2.45, 2.75) is 33.1 Å². The number of fused-ring (bicyclic) bond motifs is 1. The van der Waals surface area contributed by atoms with Gasteiger partial charge in [0, 0.05) is 30.6 Å². The molecule has 6 nitrogen and oxygen atoms in total. The second kappa shape index (κ2) is 9.39. The van der Waals surface area contributed by atoms with Gasteiger partial charge in [-0.1, -0.05) is 43.3 Å². The molecule has 0 unspecified atom stereocenters. The number of aliphatic imine (C=N–C) groups is 1. The summed E-state index contributed by atoms with van der Waals surface area (Å²) in [6.07, 6.45) is 3.12. The zero-order valence-corrected chi connectivity index (χ0v) is 17.4. The first-order valence-corrected chi connectivity index (χ1v) is 10.2. The van der Waals surface area contributed by atoms with Crippen molar-refractivity contribution < 1.29 is 14.7 Å². The summed E-state index contributed by atoms with van der Waals surface area (Å²) in [6, 6.07) is 13.3. The Labute approximate surface area is 176 Å². The number of rotatable bonds is 7. The fourth-order valence-electron chi connectivity index (χ4n) is 3.57. The average Bonchev–Trinajstić information content (AvgIpc) is 2.89. The van der Waals surface area contributed by atoms with Crippen LogP contribution in [0.25, 0.3) is 17.2 Å². The molecule has 2 aromatic carbocycles. The van der Waals surface area contributed by atoms with Gasteiger partial charge in [0.2, 0.25) is 5.91 Å². The predicted octanol–water partition coefficient (Wildman–Crippen LogP) is 4.02. The van der Waals surface area contributed by atoms with Crippen LogP contribution < -0.4 is 5.73 Å². The Kier molecular flexibility index (Phi) is 6.67. The number of hydrogen-bond donors (Lipinski definition) is 2. The second-order valence-electron chi connectivity index (χ2n) is 7.38. The fraction of sp³-hybridized carbons (Fsp3) is 0.292. The number of carboxylic acids is 1. The number of carboxylic acid groups (broad SMARTS) is 1. The summed E-state index contributed by atoms with van der Waals surface area (Å²) in [5.41, 5.74) is 11.0. The number of carbonyl (C=O) groups is 2. The third-order valence-electron chi connectivity index (χ3n) is 5.08. The Hall–Kier alpha value is -3.41. The van der Waals surface area contributed by atoms with Crippen LogP contribution in [0.5, 0.6) is 0 Å². The maximum atomic E-state index is 12.9. The first-order valence-electron chi connectivity index (χ1n) is 10.2. The monoisotopic (exact) mass is 405 g/mol. The highest BCUT2D eigenvalue weighted by Gasteiger charge is 2.20. The number of carbonyl (C=O) groups excluding carboxylic acids is 1.